The molecular formula is C27H29NO6S. The molecule has 184 valence electrons. The maximum Gasteiger partial charge on any atom is 0.166 e. The fourth-order valence-electron chi connectivity index (χ4n) is 8.18. The quantitative estimate of drug-likeness (QED) is 0.331. The van der Waals surface area contributed by atoms with E-state index in [9.17, 15) is 15.3 Å². The number of ether oxygens (including phenoxy) is 3. The van der Waals surface area contributed by atoms with Gasteiger partial charge in [-0.2, -0.15) is 0 Å². The standard InChI is InChI=1S/C27H29NO6S/c1-28-9-8-26-19-14-4-5-16(32-2)23(19)34-24(26)27(33-3)7-6-25(26,18(28)12-14)20-15(30)13-17(35-11-10-29)22(31)21(20)27/h4-7,13,18,24,29-31H,8-12H2,1-3H3/t18-,24-,25+,26+,27-/m1/s1. The fraction of sp³-hybridized carbons (Fsp3) is 0.481. The molecule has 8 rings (SSSR count). The number of methoxy groups -OCH3 is 2. The summed E-state index contributed by atoms with van der Waals surface area (Å²) in [5.41, 5.74) is 1.58. The van der Waals surface area contributed by atoms with Crippen LogP contribution in [0.3, 0.4) is 0 Å². The van der Waals surface area contributed by atoms with Gasteiger partial charge in [-0.05, 0) is 50.2 Å². The molecule has 8 heteroatoms. The van der Waals surface area contributed by atoms with E-state index in [-0.39, 0.29) is 24.1 Å². The van der Waals surface area contributed by atoms with Crippen molar-refractivity contribution >= 4 is 11.8 Å². The van der Waals surface area contributed by atoms with Gasteiger partial charge in [0, 0.05) is 41.0 Å². The lowest BCUT2D eigenvalue weighted by Gasteiger charge is -2.69. The Morgan fingerprint density at radius 2 is 2.00 bits per heavy atom. The van der Waals surface area contributed by atoms with Crippen LogP contribution in [-0.2, 0) is 27.6 Å². The molecule has 0 saturated carbocycles. The first-order valence-electron chi connectivity index (χ1n) is 12.1. The van der Waals surface area contributed by atoms with E-state index in [1.807, 2.05) is 12.1 Å². The van der Waals surface area contributed by atoms with Crippen LogP contribution in [0.25, 0.3) is 0 Å². The Balaban J connectivity index is 1.62. The molecule has 35 heavy (non-hydrogen) atoms. The zero-order valence-electron chi connectivity index (χ0n) is 20.0. The van der Waals surface area contributed by atoms with Crippen LogP contribution in [0.4, 0.5) is 0 Å². The van der Waals surface area contributed by atoms with E-state index in [0.717, 1.165) is 30.7 Å². The lowest BCUT2D eigenvalue weighted by molar-refractivity contribution is -0.146. The number of benzene rings is 2. The summed E-state index contributed by atoms with van der Waals surface area (Å²) >= 11 is 1.32. The molecule has 2 spiro atoms. The Kier molecular flexibility index (Phi) is 4.30. The van der Waals surface area contributed by atoms with E-state index in [0.29, 0.717) is 22.0 Å². The van der Waals surface area contributed by atoms with Crippen molar-refractivity contribution in [1.29, 1.82) is 0 Å². The molecule has 2 aromatic carbocycles. The van der Waals surface area contributed by atoms with Gasteiger partial charge < -0.3 is 34.4 Å². The molecule has 1 saturated heterocycles. The molecule has 0 unspecified atom stereocenters. The number of aliphatic hydroxyl groups is 1. The first-order chi connectivity index (χ1) is 16.9. The minimum Gasteiger partial charge on any atom is -0.508 e. The maximum absolute atomic E-state index is 11.7. The van der Waals surface area contributed by atoms with Crippen LogP contribution in [0.1, 0.15) is 28.7 Å². The highest BCUT2D eigenvalue weighted by atomic mass is 32.2. The van der Waals surface area contributed by atoms with Gasteiger partial charge in [0.1, 0.15) is 17.6 Å². The largest absolute Gasteiger partial charge is 0.508 e. The smallest absolute Gasteiger partial charge is 0.166 e. The van der Waals surface area contributed by atoms with Crippen molar-refractivity contribution in [2.75, 3.05) is 40.2 Å². The van der Waals surface area contributed by atoms with Crippen molar-refractivity contribution in [1.82, 2.24) is 4.90 Å². The van der Waals surface area contributed by atoms with Gasteiger partial charge in [-0.25, -0.2) is 0 Å². The van der Waals surface area contributed by atoms with Crippen molar-refractivity contribution < 1.29 is 29.5 Å². The number of hydrogen-bond acceptors (Lipinski definition) is 8. The third-order valence-corrected chi connectivity index (χ3v) is 10.4. The Morgan fingerprint density at radius 3 is 2.74 bits per heavy atom. The van der Waals surface area contributed by atoms with Gasteiger partial charge in [0.05, 0.1) is 24.0 Å². The van der Waals surface area contributed by atoms with Gasteiger partial charge in [0.25, 0.3) is 0 Å². The molecule has 0 aromatic heterocycles. The number of likely N-dealkylation sites (N-methyl/N-ethyl adjacent to an activating group) is 1. The van der Waals surface area contributed by atoms with Gasteiger partial charge in [-0.3, -0.25) is 0 Å². The van der Waals surface area contributed by atoms with E-state index >= 15 is 0 Å². The molecule has 0 amide bonds. The van der Waals surface area contributed by atoms with Crippen molar-refractivity contribution in [2.45, 2.75) is 46.3 Å². The second-order valence-electron chi connectivity index (χ2n) is 10.3. The molecular weight excluding hydrogens is 466 g/mol. The highest BCUT2D eigenvalue weighted by Crippen LogP contribution is 2.76. The summed E-state index contributed by atoms with van der Waals surface area (Å²) in [6.45, 7) is 0.864. The Labute approximate surface area is 208 Å². The first kappa shape index (κ1) is 21.9. The van der Waals surface area contributed by atoms with Crippen molar-refractivity contribution in [3.05, 3.63) is 52.6 Å². The van der Waals surface area contributed by atoms with Crippen LogP contribution in [0.2, 0.25) is 0 Å². The number of likely N-dealkylation sites (tertiary alicyclic amines) is 1. The number of phenols is 2. The van der Waals surface area contributed by atoms with Gasteiger partial charge >= 0.3 is 0 Å². The number of piperidine rings is 1. The highest BCUT2D eigenvalue weighted by molar-refractivity contribution is 7.99. The number of aromatic hydroxyl groups is 2. The summed E-state index contributed by atoms with van der Waals surface area (Å²) in [4.78, 5) is 2.92. The predicted octanol–water partition coefficient (Wildman–Crippen LogP) is 2.81. The second-order valence-corrected chi connectivity index (χ2v) is 11.5. The number of phenolic OH excluding ortho intramolecular Hbond substituents is 2. The first-order valence-corrected chi connectivity index (χ1v) is 13.1. The lowest BCUT2D eigenvalue weighted by Crippen LogP contribution is -2.77. The molecule has 4 bridgehead atoms. The molecule has 1 fully saturated rings. The van der Waals surface area contributed by atoms with E-state index < -0.39 is 22.5 Å². The molecule has 0 radical (unpaired) electrons. The van der Waals surface area contributed by atoms with Crippen LogP contribution in [-0.4, -0.2) is 72.5 Å². The summed E-state index contributed by atoms with van der Waals surface area (Å²) in [6.07, 6.45) is 5.48. The number of rotatable bonds is 5. The van der Waals surface area contributed by atoms with Crippen LogP contribution in [0, 0.1) is 0 Å². The van der Waals surface area contributed by atoms with Crippen LogP contribution in [0.15, 0.2) is 35.2 Å². The van der Waals surface area contributed by atoms with Gasteiger partial charge in [-0.15, -0.1) is 11.8 Å². The van der Waals surface area contributed by atoms with Crippen molar-refractivity contribution in [3.63, 3.8) is 0 Å². The molecule has 7 nitrogen and oxygen atoms in total. The molecule has 3 N–H and O–H groups in total. The normalized spacial score (nSPS) is 35.0. The summed E-state index contributed by atoms with van der Waals surface area (Å²) in [5, 5.41) is 32.7. The highest BCUT2D eigenvalue weighted by Gasteiger charge is 2.79. The van der Waals surface area contributed by atoms with Crippen molar-refractivity contribution in [3.8, 4) is 23.0 Å². The van der Waals surface area contributed by atoms with E-state index in [1.54, 1.807) is 20.3 Å². The third kappa shape index (κ3) is 2.15. The Hall–Kier alpha value is -2.39. The summed E-state index contributed by atoms with van der Waals surface area (Å²) in [7, 11) is 5.45. The van der Waals surface area contributed by atoms with Gasteiger partial charge in [0.15, 0.2) is 17.1 Å². The average Bonchev–Trinajstić information content (AvgIpc) is 3.24. The van der Waals surface area contributed by atoms with Gasteiger partial charge in [-0.1, -0.05) is 12.1 Å². The number of thioether (sulfide) groups is 1. The van der Waals surface area contributed by atoms with E-state index in [2.05, 4.69) is 24.1 Å². The third-order valence-electron chi connectivity index (χ3n) is 9.34. The molecule has 4 aliphatic carbocycles. The number of aliphatic hydroxyl groups excluding tert-OH is 1. The molecule has 5 atom stereocenters. The van der Waals surface area contributed by atoms with E-state index in [1.165, 1.54) is 22.9 Å². The average molecular weight is 496 g/mol. The summed E-state index contributed by atoms with van der Waals surface area (Å²) in [5.74, 6) is 2.11. The number of nitrogens with zero attached hydrogens (tertiary/aromatic N) is 1. The zero-order chi connectivity index (χ0) is 24.3. The molecule has 2 aromatic rings. The lowest BCUT2D eigenvalue weighted by atomic mass is 9.37. The summed E-state index contributed by atoms with van der Waals surface area (Å²) in [6, 6.07) is 5.86. The monoisotopic (exact) mass is 495 g/mol. The van der Waals surface area contributed by atoms with Crippen LogP contribution in [0.5, 0.6) is 23.0 Å². The minimum atomic E-state index is -1.09. The maximum atomic E-state index is 11.7. The summed E-state index contributed by atoms with van der Waals surface area (Å²) < 4.78 is 19.0. The van der Waals surface area contributed by atoms with Crippen LogP contribution >= 0.6 is 11.8 Å². The second kappa shape index (κ2) is 6.88. The predicted molar refractivity (Wildman–Crippen MR) is 131 cm³/mol. The number of hydrogen-bond donors (Lipinski definition) is 3. The minimum absolute atomic E-state index is 0.0270. The Morgan fingerprint density at radius 1 is 1.17 bits per heavy atom. The van der Waals surface area contributed by atoms with Crippen LogP contribution < -0.4 is 9.47 Å². The topological polar surface area (TPSA) is 91.6 Å². The molecule has 2 aliphatic heterocycles. The zero-order valence-corrected chi connectivity index (χ0v) is 20.8. The molecule has 2 heterocycles. The molecule has 6 aliphatic rings. The van der Waals surface area contributed by atoms with E-state index in [4.69, 9.17) is 14.2 Å². The van der Waals surface area contributed by atoms with Gasteiger partial charge in [0.2, 0.25) is 0 Å². The van der Waals surface area contributed by atoms with Crippen molar-refractivity contribution in [2.24, 2.45) is 0 Å². The SMILES string of the molecule is COc1ccc2c3c1O[C@@H]1[C@]34CCN(C)[C@H](C2)[C@]42C=C[C@@]1(OC)c1c(O)c(SCCO)cc(O)c12. The fourth-order valence-corrected chi connectivity index (χ4v) is 8.92. The Bertz CT molecular complexity index is 1310.